The number of carbonyl (C=O) groups is 3. The summed E-state index contributed by atoms with van der Waals surface area (Å²) in [6, 6.07) is -1.54. The Balaban J connectivity index is 3.91. The lowest BCUT2D eigenvalue weighted by Gasteiger charge is -2.18. The Morgan fingerprint density at radius 3 is 1.49 bits per heavy atom. The molecule has 0 saturated heterocycles. The van der Waals surface area contributed by atoms with Gasteiger partial charge in [-0.2, -0.15) is 0 Å². The third kappa shape index (κ3) is 29.6. The molecule has 0 aromatic heterocycles. The second-order valence-electron chi connectivity index (χ2n) is 12.1. The van der Waals surface area contributed by atoms with Crippen molar-refractivity contribution in [1.29, 1.82) is 0 Å². The van der Waals surface area contributed by atoms with Crippen LogP contribution in [0.1, 0.15) is 162 Å². The van der Waals surface area contributed by atoms with Gasteiger partial charge in [0.25, 0.3) is 0 Å². The molecule has 12 heteroatoms. The van der Waals surface area contributed by atoms with Crippen LogP contribution in [0.2, 0.25) is 0 Å². The highest BCUT2D eigenvalue weighted by molar-refractivity contribution is 7.47. The number of hydrogen-bond donors (Lipinski definition) is 4. The van der Waals surface area contributed by atoms with Crippen molar-refractivity contribution in [3.63, 3.8) is 0 Å². The first kappa shape index (κ1) is 43.5. The first-order valence-corrected chi connectivity index (χ1v) is 19.1. The van der Waals surface area contributed by atoms with E-state index < -0.39 is 57.6 Å². The summed E-state index contributed by atoms with van der Waals surface area (Å²) in [6.07, 6.45) is 23.5. The monoisotopic (exact) mass is 665 g/mol. The van der Waals surface area contributed by atoms with Crippen LogP contribution in [-0.2, 0) is 32.7 Å². The van der Waals surface area contributed by atoms with Crippen LogP contribution in [0.3, 0.4) is 0 Å². The SMILES string of the molecule is CCCCCCCCCCCCCCCCCCCC(=O)NC(COP(=O)(O)OCC(O)COC(=O)CCCCCC)C(=O)O. The predicted octanol–water partition coefficient (Wildman–Crippen LogP) is 7.61. The minimum absolute atomic E-state index is 0.152. The van der Waals surface area contributed by atoms with Crippen LogP contribution >= 0.6 is 7.82 Å². The average Bonchev–Trinajstić information content (AvgIpc) is 3.00. The fourth-order valence-corrected chi connectivity index (χ4v) is 5.62. The average molecular weight is 666 g/mol. The molecule has 0 aromatic rings. The normalized spacial score (nSPS) is 14.0. The molecule has 45 heavy (non-hydrogen) atoms. The van der Waals surface area contributed by atoms with E-state index in [0.717, 1.165) is 38.5 Å². The fraction of sp³-hybridized carbons (Fsp3) is 0.909. The molecular weight excluding hydrogens is 601 g/mol. The third-order valence-corrected chi connectivity index (χ3v) is 8.60. The number of carboxylic acids is 1. The molecule has 1 amide bonds. The van der Waals surface area contributed by atoms with Crippen molar-refractivity contribution in [2.75, 3.05) is 19.8 Å². The molecule has 3 atom stereocenters. The lowest BCUT2D eigenvalue weighted by molar-refractivity contribution is -0.147. The van der Waals surface area contributed by atoms with E-state index in [2.05, 4.69) is 23.7 Å². The predicted molar refractivity (Wildman–Crippen MR) is 176 cm³/mol. The number of phosphoric ester groups is 1. The number of carboxylic acid groups (broad SMARTS) is 1. The van der Waals surface area contributed by atoms with Crippen molar-refractivity contribution in [1.82, 2.24) is 5.32 Å². The van der Waals surface area contributed by atoms with E-state index in [4.69, 9.17) is 9.26 Å². The highest BCUT2D eigenvalue weighted by Crippen LogP contribution is 2.43. The number of unbranched alkanes of at least 4 members (excludes halogenated alkanes) is 19. The van der Waals surface area contributed by atoms with E-state index in [0.29, 0.717) is 12.8 Å². The topological polar surface area (TPSA) is 169 Å². The molecule has 0 aromatic carbocycles. The summed E-state index contributed by atoms with van der Waals surface area (Å²) in [7, 11) is -4.73. The summed E-state index contributed by atoms with van der Waals surface area (Å²) in [6.45, 7) is 2.43. The van der Waals surface area contributed by atoms with Crippen LogP contribution in [0, 0.1) is 0 Å². The lowest BCUT2D eigenvalue weighted by atomic mass is 10.0. The summed E-state index contributed by atoms with van der Waals surface area (Å²) < 4.78 is 26.4. The standard InChI is InChI=1S/C33H64NO10P/c1-3-5-7-9-10-11-12-13-14-15-16-17-18-19-20-21-22-24-31(36)34-30(33(38)39)28-44-45(40,41)43-27-29(35)26-42-32(37)25-23-8-6-4-2/h29-30,35H,3-28H2,1-2H3,(H,34,36)(H,38,39)(H,40,41). The van der Waals surface area contributed by atoms with E-state index in [1.165, 1.54) is 83.5 Å². The molecule has 0 spiro atoms. The first-order valence-electron chi connectivity index (χ1n) is 17.6. The van der Waals surface area contributed by atoms with Crippen LogP contribution in [0.4, 0.5) is 0 Å². The Morgan fingerprint density at radius 1 is 0.622 bits per heavy atom. The van der Waals surface area contributed by atoms with Gasteiger partial charge in [-0.3, -0.25) is 18.6 Å². The zero-order chi connectivity index (χ0) is 33.6. The van der Waals surface area contributed by atoms with Gasteiger partial charge in [-0.15, -0.1) is 0 Å². The Kier molecular flexibility index (Phi) is 28.8. The summed E-state index contributed by atoms with van der Waals surface area (Å²) in [5, 5.41) is 21.5. The largest absolute Gasteiger partial charge is 0.480 e. The number of aliphatic carboxylic acids is 1. The summed E-state index contributed by atoms with van der Waals surface area (Å²) in [5.41, 5.74) is 0. The zero-order valence-corrected chi connectivity index (χ0v) is 29.1. The maximum Gasteiger partial charge on any atom is 0.472 e. The number of hydrogen-bond acceptors (Lipinski definition) is 8. The zero-order valence-electron chi connectivity index (χ0n) is 28.2. The highest BCUT2D eigenvalue weighted by atomic mass is 31.2. The first-order chi connectivity index (χ1) is 21.6. The highest BCUT2D eigenvalue weighted by Gasteiger charge is 2.28. The van der Waals surface area contributed by atoms with Crippen LogP contribution in [0.25, 0.3) is 0 Å². The molecule has 0 rings (SSSR count). The number of phosphoric acid groups is 1. The van der Waals surface area contributed by atoms with Gasteiger partial charge in [0, 0.05) is 12.8 Å². The Labute approximate surface area is 272 Å². The van der Waals surface area contributed by atoms with Crippen molar-refractivity contribution in [2.45, 2.75) is 174 Å². The van der Waals surface area contributed by atoms with Gasteiger partial charge in [0.1, 0.15) is 12.7 Å². The van der Waals surface area contributed by atoms with E-state index in [1.54, 1.807) is 0 Å². The number of ether oxygens (including phenoxy) is 1. The second-order valence-corrected chi connectivity index (χ2v) is 13.5. The number of carbonyl (C=O) groups excluding carboxylic acids is 2. The third-order valence-electron chi connectivity index (χ3n) is 7.65. The van der Waals surface area contributed by atoms with Crippen LogP contribution in [0.15, 0.2) is 0 Å². The van der Waals surface area contributed by atoms with Crippen molar-refractivity contribution >= 4 is 25.7 Å². The second kappa shape index (κ2) is 29.9. The van der Waals surface area contributed by atoms with Gasteiger partial charge < -0.3 is 25.2 Å². The molecule has 0 aliphatic rings. The minimum Gasteiger partial charge on any atom is -0.480 e. The van der Waals surface area contributed by atoms with E-state index in [1.807, 2.05) is 0 Å². The van der Waals surface area contributed by atoms with E-state index >= 15 is 0 Å². The minimum atomic E-state index is -4.73. The van der Waals surface area contributed by atoms with Crippen molar-refractivity contribution in [3.8, 4) is 0 Å². The number of amides is 1. The molecule has 266 valence electrons. The van der Waals surface area contributed by atoms with Crippen LogP contribution in [-0.4, -0.2) is 64.9 Å². The molecule has 3 unspecified atom stereocenters. The van der Waals surface area contributed by atoms with Crippen LogP contribution in [0.5, 0.6) is 0 Å². The van der Waals surface area contributed by atoms with E-state index in [9.17, 15) is 34.1 Å². The van der Waals surface area contributed by atoms with Crippen molar-refractivity contribution in [2.24, 2.45) is 0 Å². The molecular formula is C33H64NO10P. The van der Waals surface area contributed by atoms with Gasteiger partial charge in [0.15, 0.2) is 6.04 Å². The lowest BCUT2D eigenvalue weighted by Crippen LogP contribution is -2.43. The summed E-state index contributed by atoms with van der Waals surface area (Å²) >= 11 is 0. The molecule has 0 fully saturated rings. The quantitative estimate of drug-likeness (QED) is 0.0311. The molecule has 0 radical (unpaired) electrons. The van der Waals surface area contributed by atoms with Crippen molar-refractivity contribution in [3.05, 3.63) is 0 Å². The number of aliphatic hydroxyl groups is 1. The Morgan fingerprint density at radius 2 is 1.02 bits per heavy atom. The maximum atomic E-state index is 12.2. The van der Waals surface area contributed by atoms with Crippen molar-refractivity contribution < 1.29 is 47.8 Å². The van der Waals surface area contributed by atoms with Crippen LogP contribution < -0.4 is 5.32 Å². The van der Waals surface area contributed by atoms with Gasteiger partial charge in [0.2, 0.25) is 5.91 Å². The number of rotatable bonds is 33. The Bertz CT molecular complexity index is 797. The maximum absolute atomic E-state index is 12.2. The smallest absolute Gasteiger partial charge is 0.472 e. The fourth-order valence-electron chi connectivity index (χ4n) is 4.84. The number of nitrogens with one attached hydrogen (secondary N) is 1. The molecule has 11 nitrogen and oxygen atoms in total. The molecule has 0 saturated carbocycles. The molecule has 0 aliphatic carbocycles. The van der Waals surface area contributed by atoms with Gasteiger partial charge >= 0.3 is 19.8 Å². The van der Waals surface area contributed by atoms with Gasteiger partial charge in [-0.05, 0) is 12.8 Å². The number of esters is 1. The van der Waals surface area contributed by atoms with Gasteiger partial charge in [-0.25, -0.2) is 9.36 Å². The van der Waals surface area contributed by atoms with Gasteiger partial charge in [-0.1, -0.05) is 136 Å². The molecule has 0 heterocycles. The molecule has 4 N–H and O–H groups in total. The summed E-state index contributed by atoms with van der Waals surface area (Å²) in [4.78, 5) is 45.2. The number of aliphatic hydroxyl groups excluding tert-OH is 1. The molecule has 0 aliphatic heterocycles. The summed E-state index contributed by atoms with van der Waals surface area (Å²) in [5.74, 6) is -2.38. The van der Waals surface area contributed by atoms with E-state index in [-0.39, 0.29) is 12.8 Å². The Hall–Kier alpha value is -1.52. The van der Waals surface area contributed by atoms with Gasteiger partial charge in [0.05, 0.1) is 13.2 Å². The molecule has 0 bridgehead atoms.